The molecule has 0 N–H and O–H groups in total. The number of pyridine rings is 1. The minimum Gasteiger partial charge on any atom is -0.285 e. The molecule has 7 heteroatoms. The van der Waals surface area contributed by atoms with Crippen molar-refractivity contribution in [3.8, 4) is 22.7 Å². The quantitative estimate of drug-likeness (QED) is 0.153. The van der Waals surface area contributed by atoms with Crippen molar-refractivity contribution in [3.63, 3.8) is 0 Å². The number of benzene rings is 4. The maximum atomic E-state index is 5.33. The molecule has 0 saturated heterocycles. The second-order valence-electron chi connectivity index (χ2n) is 15.9. The first-order valence-corrected chi connectivity index (χ1v) is 19.6. The largest absolute Gasteiger partial charge is 0.285 e. The van der Waals surface area contributed by atoms with Gasteiger partial charge >= 0.3 is 0 Å². The van der Waals surface area contributed by atoms with Crippen LogP contribution in [0.25, 0.3) is 22.7 Å². The van der Waals surface area contributed by atoms with Crippen molar-refractivity contribution in [1.29, 1.82) is 0 Å². The van der Waals surface area contributed by atoms with Crippen molar-refractivity contribution in [2.24, 2.45) is 9.98 Å². The zero-order valence-corrected chi connectivity index (χ0v) is 35.2. The molecule has 0 fully saturated rings. The van der Waals surface area contributed by atoms with Crippen LogP contribution in [-0.2, 0) is 13.1 Å². The molecule has 0 radical (unpaired) electrons. The molecule has 0 aliphatic carbocycles. The molecule has 56 heavy (non-hydrogen) atoms. The van der Waals surface area contributed by atoms with Gasteiger partial charge in [-0.05, 0) is 140 Å². The van der Waals surface area contributed by atoms with E-state index in [1.54, 1.807) is 0 Å². The Morgan fingerprint density at radius 1 is 0.375 bits per heavy atom. The third-order valence-corrected chi connectivity index (χ3v) is 10.7. The highest BCUT2D eigenvalue weighted by atomic mass is 15.2. The Hall–Kier alpha value is -5.95. The fourth-order valence-corrected chi connectivity index (χ4v) is 8.99. The van der Waals surface area contributed by atoms with Crippen LogP contribution in [0.1, 0.15) is 78.1 Å². The first-order chi connectivity index (χ1) is 26.7. The van der Waals surface area contributed by atoms with Gasteiger partial charge in [-0.15, -0.1) is 0 Å². The Balaban J connectivity index is 1.33. The lowest BCUT2D eigenvalue weighted by atomic mass is 10.0. The third-order valence-electron chi connectivity index (χ3n) is 10.7. The van der Waals surface area contributed by atoms with E-state index in [1.807, 2.05) is 0 Å². The van der Waals surface area contributed by atoms with Gasteiger partial charge in [-0.2, -0.15) is 0 Å². The lowest BCUT2D eigenvalue weighted by Gasteiger charge is -2.16. The summed E-state index contributed by atoms with van der Waals surface area (Å²) in [7, 11) is 0. The van der Waals surface area contributed by atoms with Crippen LogP contribution in [0, 0.1) is 83.1 Å². The molecule has 0 bridgehead atoms. The predicted molar refractivity (Wildman–Crippen MR) is 230 cm³/mol. The normalized spacial score (nSPS) is 11.4. The Labute approximate surface area is 332 Å². The predicted octanol–water partition coefficient (Wildman–Crippen LogP) is 10.1. The second kappa shape index (κ2) is 15.3. The van der Waals surface area contributed by atoms with Crippen LogP contribution in [0.4, 0.5) is 0 Å². The van der Waals surface area contributed by atoms with E-state index in [9.17, 15) is 0 Å². The Morgan fingerprint density at radius 3 is 0.839 bits per heavy atom. The van der Waals surface area contributed by atoms with E-state index in [0.29, 0.717) is 13.1 Å². The van der Waals surface area contributed by atoms with E-state index in [1.165, 1.54) is 66.8 Å². The molecule has 3 aromatic heterocycles. The molecular formula is C49H55N7. The lowest BCUT2D eigenvalue weighted by molar-refractivity contribution is 0.775. The van der Waals surface area contributed by atoms with Gasteiger partial charge in [-0.25, -0.2) is 9.98 Å². The molecule has 286 valence electrons. The summed E-state index contributed by atoms with van der Waals surface area (Å²) < 4.78 is 8.94. The summed E-state index contributed by atoms with van der Waals surface area (Å²) in [5, 5.41) is 0. The fraction of sp³-hybridized carbons (Fsp3) is 0.286. The van der Waals surface area contributed by atoms with Crippen LogP contribution < -0.4 is 11.2 Å². The van der Waals surface area contributed by atoms with Gasteiger partial charge in [-0.3, -0.25) is 23.3 Å². The number of rotatable bonds is 8. The Morgan fingerprint density at radius 2 is 0.607 bits per heavy atom. The standard InChI is InChI=1S/C49H55N7/c1-30-20-34(5)44(35(6)21-30)53-16-17-54(45-36(7)22-31(2)23-37(45)8)48(53)50-28-42-14-13-15-43(52-42)29-51-49-55(46-38(9)24-32(3)25-39(46)10)18-19-56(49)47-40(11)26-33(4)27-41(47)12/h13-27H,28-29H2,1-12H3. The summed E-state index contributed by atoms with van der Waals surface area (Å²) in [6, 6.07) is 24.2. The van der Waals surface area contributed by atoms with Gasteiger partial charge < -0.3 is 0 Å². The number of imidazole rings is 2. The topological polar surface area (TPSA) is 57.3 Å². The number of aromatic nitrogens is 5. The van der Waals surface area contributed by atoms with E-state index in [4.69, 9.17) is 15.0 Å². The molecule has 0 spiro atoms. The summed E-state index contributed by atoms with van der Waals surface area (Å²) in [5.74, 6) is 0. The number of hydrogen-bond acceptors (Lipinski definition) is 3. The molecule has 0 aliphatic heterocycles. The SMILES string of the molecule is Cc1cc(C)c(-n2ccn(-c3c(C)cc(C)cc3C)c2=NCc2cccc(CN=c3n(-c4c(C)cc(C)cc4C)ccn3-c3c(C)cc(C)cc3C)n2)c(C)c1. The zero-order valence-electron chi connectivity index (χ0n) is 35.2. The highest BCUT2D eigenvalue weighted by Crippen LogP contribution is 2.25. The molecule has 7 nitrogen and oxygen atoms in total. The summed E-state index contributed by atoms with van der Waals surface area (Å²) in [6.45, 7) is 26.9. The monoisotopic (exact) mass is 741 g/mol. The number of hydrogen-bond donors (Lipinski definition) is 0. The van der Waals surface area contributed by atoms with Crippen LogP contribution in [0.15, 0.2) is 102 Å². The molecule has 0 aliphatic rings. The van der Waals surface area contributed by atoms with Crippen LogP contribution >= 0.6 is 0 Å². The maximum absolute atomic E-state index is 5.33. The molecule has 3 heterocycles. The van der Waals surface area contributed by atoms with Crippen LogP contribution in [-0.4, -0.2) is 23.3 Å². The summed E-state index contributed by atoms with van der Waals surface area (Å²) in [6.07, 6.45) is 8.57. The van der Waals surface area contributed by atoms with Gasteiger partial charge in [0.2, 0.25) is 11.2 Å². The Bertz CT molecular complexity index is 2340. The van der Waals surface area contributed by atoms with Gasteiger partial charge in [0.05, 0.1) is 47.2 Å². The number of aryl methyl sites for hydroxylation is 12. The zero-order chi connectivity index (χ0) is 40.0. The molecule has 7 aromatic rings. The fourth-order valence-electron chi connectivity index (χ4n) is 8.99. The van der Waals surface area contributed by atoms with Crippen LogP contribution in [0.2, 0.25) is 0 Å². The smallest absolute Gasteiger partial charge is 0.214 e. The van der Waals surface area contributed by atoms with Crippen molar-refractivity contribution in [1.82, 2.24) is 23.3 Å². The van der Waals surface area contributed by atoms with Gasteiger partial charge in [0.1, 0.15) is 0 Å². The van der Waals surface area contributed by atoms with Crippen molar-refractivity contribution >= 4 is 0 Å². The highest BCUT2D eigenvalue weighted by Gasteiger charge is 2.16. The van der Waals surface area contributed by atoms with Crippen molar-refractivity contribution in [2.45, 2.75) is 96.2 Å². The van der Waals surface area contributed by atoms with Crippen molar-refractivity contribution in [2.75, 3.05) is 0 Å². The average Bonchev–Trinajstić information content (AvgIpc) is 3.69. The molecule has 0 amide bonds. The molecular weight excluding hydrogens is 687 g/mol. The van der Waals surface area contributed by atoms with Crippen LogP contribution in [0.3, 0.4) is 0 Å². The second-order valence-corrected chi connectivity index (χ2v) is 15.9. The molecule has 0 unspecified atom stereocenters. The van der Waals surface area contributed by atoms with Gasteiger partial charge in [-0.1, -0.05) is 76.9 Å². The molecule has 7 rings (SSSR count). The maximum Gasteiger partial charge on any atom is 0.214 e. The lowest BCUT2D eigenvalue weighted by Crippen LogP contribution is -2.26. The molecule has 4 aromatic carbocycles. The van der Waals surface area contributed by atoms with E-state index < -0.39 is 0 Å². The third kappa shape index (κ3) is 7.38. The first kappa shape index (κ1) is 38.3. The van der Waals surface area contributed by atoms with Gasteiger partial charge in [0.15, 0.2) is 0 Å². The van der Waals surface area contributed by atoms with E-state index in [2.05, 4.69) is 193 Å². The van der Waals surface area contributed by atoms with Crippen LogP contribution in [0.5, 0.6) is 0 Å². The van der Waals surface area contributed by atoms with Crippen molar-refractivity contribution < 1.29 is 0 Å². The summed E-state index contributed by atoms with van der Waals surface area (Å²) in [4.78, 5) is 15.8. The van der Waals surface area contributed by atoms with Crippen molar-refractivity contribution in [3.05, 3.63) is 181 Å². The summed E-state index contributed by atoms with van der Waals surface area (Å²) >= 11 is 0. The first-order valence-electron chi connectivity index (χ1n) is 19.6. The van der Waals surface area contributed by atoms with Gasteiger partial charge in [0, 0.05) is 24.8 Å². The van der Waals surface area contributed by atoms with E-state index >= 15 is 0 Å². The Kier molecular flexibility index (Phi) is 10.5. The average molecular weight is 742 g/mol. The number of nitrogens with zero attached hydrogens (tertiary/aromatic N) is 7. The summed E-state index contributed by atoms with van der Waals surface area (Å²) in [5.41, 5.74) is 22.9. The minimum absolute atomic E-state index is 0.422. The minimum atomic E-state index is 0.422. The molecule has 0 saturated carbocycles. The van der Waals surface area contributed by atoms with E-state index in [0.717, 1.165) is 45.4 Å². The van der Waals surface area contributed by atoms with Gasteiger partial charge in [0.25, 0.3) is 0 Å². The highest BCUT2D eigenvalue weighted by molar-refractivity contribution is 5.54. The molecule has 0 atom stereocenters. The van der Waals surface area contributed by atoms with E-state index in [-0.39, 0.29) is 0 Å².